The van der Waals surface area contributed by atoms with Gasteiger partial charge in [0, 0.05) is 36.3 Å². The van der Waals surface area contributed by atoms with E-state index < -0.39 is 0 Å². The first-order valence-electron chi connectivity index (χ1n) is 9.34. The smallest absolute Gasteiger partial charge is 0.234 e. The topological polar surface area (TPSA) is 88.9 Å². The number of halogens is 1. The number of amides is 2. The number of thioether (sulfide) groups is 1. The molecular weight excluding hydrogens is 422 g/mol. The first kappa shape index (κ1) is 21.9. The fraction of sp³-hybridized carbons (Fsp3) is 0.238. The number of hydrogen-bond acceptors (Lipinski definition) is 5. The molecule has 1 aromatic heterocycles. The number of anilines is 2. The van der Waals surface area contributed by atoms with E-state index >= 15 is 0 Å². The number of carbonyl (C=O) groups is 2. The molecule has 2 amide bonds. The highest BCUT2D eigenvalue weighted by molar-refractivity contribution is 7.99. The SMILES string of the molecule is Cc1ccc(NC(=O)CCc2nnc(SCC(=O)Nc3ccc(Cl)cc3)n2C)cc1. The largest absolute Gasteiger partial charge is 0.326 e. The van der Waals surface area contributed by atoms with Crippen molar-refractivity contribution in [2.75, 3.05) is 16.4 Å². The first-order valence-corrected chi connectivity index (χ1v) is 10.7. The number of aryl methyl sites for hydroxylation is 2. The molecule has 0 aliphatic rings. The van der Waals surface area contributed by atoms with Crippen LogP contribution >= 0.6 is 23.4 Å². The van der Waals surface area contributed by atoms with E-state index in [1.54, 1.807) is 28.8 Å². The van der Waals surface area contributed by atoms with Gasteiger partial charge in [-0.2, -0.15) is 0 Å². The van der Waals surface area contributed by atoms with E-state index in [4.69, 9.17) is 11.6 Å². The van der Waals surface area contributed by atoms with Crippen LogP contribution in [0.5, 0.6) is 0 Å². The second-order valence-electron chi connectivity index (χ2n) is 6.72. The second kappa shape index (κ2) is 10.3. The molecule has 7 nitrogen and oxygen atoms in total. The summed E-state index contributed by atoms with van der Waals surface area (Å²) in [6.45, 7) is 2.00. The lowest BCUT2D eigenvalue weighted by Gasteiger charge is -2.07. The van der Waals surface area contributed by atoms with Crippen molar-refractivity contribution >= 4 is 46.6 Å². The fourth-order valence-corrected chi connectivity index (χ4v) is 3.49. The molecule has 1 heterocycles. The minimum atomic E-state index is -0.149. The minimum absolute atomic E-state index is 0.0848. The summed E-state index contributed by atoms with van der Waals surface area (Å²) in [6.07, 6.45) is 0.750. The summed E-state index contributed by atoms with van der Waals surface area (Å²) in [4.78, 5) is 24.3. The molecule has 0 bridgehead atoms. The van der Waals surface area contributed by atoms with Crippen molar-refractivity contribution in [3.63, 3.8) is 0 Å². The predicted octanol–water partition coefficient (Wildman–Crippen LogP) is 4.08. The van der Waals surface area contributed by atoms with Crippen LogP contribution in [-0.4, -0.2) is 32.3 Å². The van der Waals surface area contributed by atoms with Crippen LogP contribution in [0.1, 0.15) is 17.8 Å². The Morgan fingerprint density at radius 1 is 0.967 bits per heavy atom. The molecule has 0 saturated heterocycles. The quantitative estimate of drug-likeness (QED) is 0.512. The van der Waals surface area contributed by atoms with Crippen LogP contribution < -0.4 is 10.6 Å². The van der Waals surface area contributed by atoms with Gasteiger partial charge in [0.1, 0.15) is 5.82 Å². The van der Waals surface area contributed by atoms with Gasteiger partial charge in [0.25, 0.3) is 0 Å². The van der Waals surface area contributed by atoms with Gasteiger partial charge in [0.05, 0.1) is 5.75 Å². The van der Waals surface area contributed by atoms with Gasteiger partial charge in [-0.05, 0) is 43.3 Å². The Labute approximate surface area is 184 Å². The predicted molar refractivity (Wildman–Crippen MR) is 120 cm³/mol. The molecule has 3 aromatic rings. The Hall–Kier alpha value is -2.84. The van der Waals surface area contributed by atoms with Gasteiger partial charge < -0.3 is 15.2 Å². The molecule has 0 saturated carbocycles. The van der Waals surface area contributed by atoms with Gasteiger partial charge in [0.15, 0.2) is 5.16 Å². The normalized spacial score (nSPS) is 10.6. The van der Waals surface area contributed by atoms with Crippen molar-refractivity contribution in [3.05, 3.63) is 64.9 Å². The van der Waals surface area contributed by atoms with Crippen molar-refractivity contribution in [1.29, 1.82) is 0 Å². The van der Waals surface area contributed by atoms with Crippen LogP contribution in [0.3, 0.4) is 0 Å². The maximum Gasteiger partial charge on any atom is 0.234 e. The number of nitrogens with one attached hydrogen (secondary N) is 2. The van der Waals surface area contributed by atoms with Gasteiger partial charge in [-0.15, -0.1) is 10.2 Å². The van der Waals surface area contributed by atoms with Crippen molar-refractivity contribution in [3.8, 4) is 0 Å². The zero-order valence-electron chi connectivity index (χ0n) is 16.7. The van der Waals surface area contributed by atoms with Crippen molar-refractivity contribution < 1.29 is 9.59 Å². The number of carbonyl (C=O) groups excluding carboxylic acids is 2. The Morgan fingerprint density at radius 3 is 2.23 bits per heavy atom. The summed E-state index contributed by atoms with van der Waals surface area (Å²) < 4.78 is 1.80. The molecule has 0 unspecified atom stereocenters. The summed E-state index contributed by atoms with van der Waals surface area (Å²) in [7, 11) is 1.83. The molecule has 30 heavy (non-hydrogen) atoms. The molecule has 0 atom stereocenters. The summed E-state index contributed by atoms with van der Waals surface area (Å²) in [5, 5.41) is 15.2. The number of nitrogens with zero attached hydrogens (tertiary/aromatic N) is 3. The van der Waals surface area contributed by atoms with E-state index in [1.807, 2.05) is 38.2 Å². The third kappa shape index (κ3) is 6.33. The van der Waals surface area contributed by atoms with E-state index in [-0.39, 0.29) is 17.6 Å². The highest BCUT2D eigenvalue weighted by atomic mass is 35.5. The Morgan fingerprint density at radius 2 is 1.57 bits per heavy atom. The lowest BCUT2D eigenvalue weighted by molar-refractivity contribution is -0.116. The Balaban J connectivity index is 1.46. The molecular formula is C21H22ClN5O2S. The molecule has 0 aliphatic heterocycles. The molecule has 156 valence electrons. The maximum absolute atomic E-state index is 12.2. The van der Waals surface area contributed by atoms with Crippen molar-refractivity contribution in [2.24, 2.45) is 7.05 Å². The average Bonchev–Trinajstić information content (AvgIpc) is 3.08. The van der Waals surface area contributed by atoms with Crippen LogP contribution in [0.2, 0.25) is 5.02 Å². The molecule has 0 fully saturated rings. The molecule has 2 N–H and O–H groups in total. The van der Waals surface area contributed by atoms with Gasteiger partial charge in [-0.1, -0.05) is 41.1 Å². The molecule has 0 radical (unpaired) electrons. The third-order valence-corrected chi connectivity index (χ3v) is 5.57. The van der Waals surface area contributed by atoms with E-state index in [0.29, 0.717) is 34.5 Å². The Kier molecular flexibility index (Phi) is 7.48. The van der Waals surface area contributed by atoms with Crippen molar-refractivity contribution in [2.45, 2.75) is 24.9 Å². The van der Waals surface area contributed by atoms with Crippen LogP contribution in [0.25, 0.3) is 0 Å². The highest BCUT2D eigenvalue weighted by Crippen LogP contribution is 2.18. The Bertz CT molecular complexity index is 938. The lowest BCUT2D eigenvalue weighted by Crippen LogP contribution is -2.15. The van der Waals surface area contributed by atoms with Crippen LogP contribution in [0.4, 0.5) is 11.4 Å². The standard InChI is InChI=1S/C21H22ClN5O2S/c1-14-3-7-16(8-4-14)23-19(28)12-11-18-25-26-21(27(18)2)30-13-20(29)24-17-9-5-15(22)6-10-17/h3-10H,11-13H2,1-2H3,(H,23,28)(H,24,29). The monoisotopic (exact) mass is 443 g/mol. The molecule has 2 aromatic carbocycles. The van der Waals surface area contributed by atoms with Crippen LogP contribution in [0, 0.1) is 6.92 Å². The lowest BCUT2D eigenvalue weighted by atomic mass is 10.2. The summed E-state index contributed by atoms with van der Waals surface area (Å²) >= 11 is 7.13. The number of rotatable bonds is 8. The molecule has 0 aliphatic carbocycles. The maximum atomic E-state index is 12.2. The number of aromatic nitrogens is 3. The average molecular weight is 444 g/mol. The van der Waals surface area contributed by atoms with Gasteiger partial charge >= 0.3 is 0 Å². The number of hydrogen-bond donors (Lipinski definition) is 2. The third-order valence-electron chi connectivity index (χ3n) is 4.30. The van der Waals surface area contributed by atoms with Gasteiger partial charge in [-0.25, -0.2) is 0 Å². The molecule has 3 rings (SSSR count). The molecule has 9 heteroatoms. The zero-order valence-corrected chi connectivity index (χ0v) is 18.3. The number of benzene rings is 2. The summed E-state index contributed by atoms with van der Waals surface area (Å²) in [6, 6.07) is 14.6. The van der Waals surface area contributed by atoms with E-state index in [0.717, 1.165) is 11.3 Å². The zero-order chi connectivity index (χ0) is 21.5. The van der Waals surface area contributed by atoms with Crippen LogP contribution in [-0.2, 0) is 23.1 Å². The van der Waals surface area contributed by atoms with E-state index in [1.165, 1.54) is 11.8 Å². The van der Waals surface area contributed by atoms with Crippen LogP contribution in [0.15, 0.2) is 53.7 Å². The fourth-order valence-electron chi connectivity index (χ4n) is 2.63. The second-order valence-corrected chi connectivity index (χ2v) is 8.09. The van der Waals surface area contributed by atoms with Crippen molar-refractivity contribution in [1.82, 2.24) is 14.8 Å². The highest BCUT2D eigenvalue weighted by Gasteiger charge is 2.13. The minimum Gasteiger partial charge on any atom is -0.326 e. The first-order chi connectivity index (χ1) is 14.4. The van der Waals surface area contributed by atoms with Gasteiger partial charge in [-0.3, -0.25) is 9.59 Å². The molecule has 0 spiro atoms. The van der Waals surface area contributed by atoms with E-state index in [9.17, 15) is 9.59 Å². The van der Waals surface area contributed by atoms with E-state index in [2.05, 4.69) is 20.8 Å². The summed E-state index contributed by atoms with van der Waals surface area (Å²) in [5.74, 6) is 0.653. The van der Waals surface area contributed by atoms with Gasteiger partial charge in [0.2, 0.25) is 11.8 Å². The summed E-state index contributed by atoms with van der Waals surface area (Å²) in [5.41, 5.74) is 2.59.